The van der Waals surface area contributed by atoms with Crippen LogP contribution in [0.1, 0.15) is 17.5 Å². The van der Waals surface area contributed by atoms with Crippen LogP contribution < -0.4 is 15.2 Å². The maximum atomic E-state index is 12.4. The first-order chi connectivity index (χ1) is 11.6. The highest BCUT2D eigenvalue weighted by Crippen LogP contribution is 2.17. The summed E-state index contributed by atoms with van der Waals surface area (Å²) in [5.74, 6) is -1.49. The predicted octanol–water partition coefficient (Wildman–Crippen LogP) is 1.31. The van der Waals surface area contributed by atoms with E-state index in [9.17, 15) is 14.7 Å². The molecule has 0 aliphatic rings. The van der Waals surface area contributed by atoms with Gasteiger partial charge in [-0.15, -0.1) is 0 Å². The van der Waals surface area contributed by atoms with Gasteiger partial charge in [0, 0.05) is 18.4 Å². The van der Waals surface area contributed by atoms with E-state index in [4.69, 9.17) is 4.74 Å². The third-order valence-electron chi connectivity index (χ3n) is 3.73. The van der Waals surface area contributed by atoms with Crippen molar-refractivity contribution in [2.24, 2.45) is 5.92 Å². The Kier molecular flexibility index (Phi) is 6.37. The number of amides is 1. The van der Waals surface area contributed by atoms with Gasteiger partial charge in [0.25, 0.3) is 0 Å². The van der Waals surface area contributed by atoms with E-state index in [1.54, 1.807) is 19.2 Å². The summed E-state index contributed by atoms with van der Waals surface area (Å²) in [7, 11) is 1.57. The molecule has 0 heterocycles. The van der Waals surface area contributed by atoms with Gasteiger partial charge in [0.1, 0.15) is 5.75 Å². The number of carbonyl (C=O) groups is 2. The van der Waals surface area contributed by atoms with Crippen LogP contribution in [0.25, 0.3) is 0 Å². The number of hydrogen-bond acceptors (Lipinski definition) is 4. The van der Waals surface area contributed by atoms with Crippen LogP contribution in [0.3, 0.4) is 0 Å². The molecule has 5 heteroatoms. The van der Waals surface area contributed by atoms with Gasteiger partial charge in [-0.3, -0.25) is 4.79 Å². The van der Waals surface area contributed by atoms with Gasteiger partial charge < -0.3 is 20.0 Å². The molecular formula is C19H20NO4-. The molecule has 2 aromatic rings. The molecule has 0 radical (unpaired) electrons. The van der Waals surface area contributed by atoms with Crippen molar-refractivity contribution in [3.63, 3.8) is 0 Å². The normalized spacial score (nSPS) is 11.5. The van der Waals surface area contributed by atoms with Crippen molar-refractivity contribution in [1.29, 1.82) is 0 Å². The summed E-state index contributed by atoms with van der Waals surface area (Å²) >= 11 is 0. The van der Waals surface area contributed by atoms with Crippen LogP contribution in [-0.2, 0) is 22.6 Å². The van der Waals surface area contributed by atoms with Gasteiger partial charge in [0.05, 0.1) is 7.11 Å². The van der Waals surface area contributed by atoms with E-state index in [2.05, 4.69) is 5.32 Å². The SMILES string of the molecule is COc1ccc(CC(CC(=O)[O-])C(=O)NCc2ccccc2)cc1. The third kappa shape index (κ3) is 5.43. The molecule has 1 amide bonds. The minimum absolute atomic E-state index is 0.293. The minimum atomic E-state index is -1.23. The lowest BCUT2D eigenvalue weighted by Gasteiger charge is -2.18. The van der Waals surface area contributed by atoms with Gasteiger partial charge in [-0.1, -0.05) is 42.5 Å². The number of benzene rings is 2. The highest BCUT2D eigenvalue weighted by atomic mass is 16.5. The Morgan fingerprint density at radius 1 is 1.04 bits per heavy atom. The fourth-order valence-electron chi connectivity index (χ4n) is 2.43. The van der Waals surface area contributed by atoms with E-state index in [1.165, 1.54) is 0 Å². The highest BCUT2D eigenvalue weighted by Gasteiger charge is 2.19. The molecule has 0 saturated carbocycles. The van der Waals surface area contributed by atoms with Crippen LogP contribution in [0.5, 0.6) is 5.75 Å². The quantitative estimate of drug-likeness (QED) is 0.793. The summed E-state index contributed by atoms with van der Waals surface area (Å²) in [6, 6.07) is 16.7. The second kappa shape index (κ2) is 8.72. The number of carboxylic acid groups (broad SMARTS) is 1. The predicted molar refractivity (Wildman–Crippen MR) is 88.1 cm³/mol. The zero-order valence-corrected chi connectivity index (χ0v) is 13.5. The van der Waals surface area contributed by atoms with Crippen LogP contribution in [-0.4, -0.2) is 19.0 Å². The number of ether oxygens (including phenoxy) is 1. The van der Waals surface area contributed by atoms with Crippen molar-refractivity contribution in [2.45, 2.75) is 19.4 Å². The molecule has 2 aromatic carbocycles. The first kappa shape index (κ1) is 17.5. The number of carbonyl (C=O) groups excluding carboxylic acids is 2. The fourth-order valence-corrected chi connectivity index (χ4v) is 2.43. The number of methoxy groups -OCH3 is 1. The minimum Gasteiger partial charge on any atom is -0.550 e. The molecule has 126 valence electrons. The summed E-state index contributed by atoms with van der Waals surface area (Å²) in [4.78, 5) is 23.3. The van der Waals surface area contributed by atoms with Crippen molar-refractivity contribution in [1.82, 2.24) is 5.32 Å². The highest BCUT2D eigenvalue weighted by molar-refractivity contribution is 5.83. The van der Waals surface area contributed by atoms with Crippen molar-refractivity contribution in [3.8, 4) is 5.75 Å². The molecule has 0 fully saturated rings. The standard InChI is InChI=1S/C19H21NO4/c1-24-17-9-7-14(8-10-17)11-16(12-18(21)22)19(23)20-13-15-5-3-2-4-6-15/h2-10,16H,11-13H2,1H3,(H,20,23)(H,21,22)/p-1. The summed E-state index contributed by atoms with van der Waals surface area (Å²) in [5.41, 5.74) is 1.83. The first-order valence-corrected chi connectivity index (χ1v) is 7.73. The lowest BCUT2D eigenvalue weighted by Crippen LogP contribution is -2.36. The van der Waals surface area contributed by atoms with Crippen molar-refractivity contribution in [2.75, 3.05) is 7.11 Å². The summed E-state index contributed by atoms with van der Waals surface area (Å²) in [5, 5.41) is 13.8. The Labute approximate surface area is 141 Å². The summed E-state index contributed by atoms with van der Waals surface area (Å²) < 4.78 is 5.09. The topological polar surface area (TPSA) is 78.5 Å². The van der Waals surface area contributed by atoms with E-state index in [0.29, 0.717) is 18.7 Å². The van der Waals surface area contributed by atoms with Gasteiger partial charge in [-0.05, 0) is 36.1 Å². The van der Waals surface area contributed by atoms with Gasteiger partial charge in [-0.2, -0.15) is 0 Å². The van der Waals surface area contributed by atoms with E-state index in [0.717, 1.165) is 11.1 Å². The molecule has 24 heavy (non-hydrogen) atoms. The first-order valence-electron chi connectivity index (χ1n) is 7.73. The molecule has 1 unspecified atom stereocenters. The number of carboxylic acids is 1. The molecule has 0 spiro atoms. The second-order valence-corrected chi connectivity index (χ2v) is 5.53. The van der Waals surface area contributed by atoms with Crippen LogP contribution in [0.2, 0.25) is 0 Å². The average molecular weight is 326 g/mol. The van der Waals surface area contributed by atoms with E-state index >= 15 is 0 Å². The number of hydrogen-bond donors (Lipinski definition) is 1. The Morgan fingerprint density at radius 3 is 2.29 bits per heavy atom. The molecule has 0 aliphatic heterocycles. The molecule has 0 aromatic heterocycles. The fraction of sp³-hybridized carbons (Fsp3) is 0.263. The Balaban J connectivity index is 2.00. The van der Waals surface area contributed by atoms with Gasteiger partial charge in [-0.25, -0.2) is 0 Å². The number of aliphatic carboxylic acids is 1. The zero-order valence-electron chi connectivity index (χ0n) is 13.5. The average Bonchev–Trinajstić information content (AvgIpc) is 2.60. The van der Waals surface area contributed by atoms with Gasteiger partial charge in [0.2, 0.25) is 5.91 Å². The van der Waals surface area contributed by atoms with E-state index in [-0.39, 0.29) is 12.3 Å². The molecule has 5 nitrogen and oxygen atoms in total. The van der Waals surface area contributed by atoms with Gasteiger partial charge >= 0.3 is 0 Å². The van der Waals surface area contributed by atoms with Crippen LogP contribution in [0, 0.1) is 5.92 Å². The summed E-state index contributed by atoms with van der Waals surface area (Å²) in [6.07, 6.45) is 0.0191. The second-order valence-electron chi connectivity index (χ2n) is 5.53. The molecule has 0 aliphatic carbocycles. The molecule has 2 rings (SSSR count). The van der Waals surface area contributed by atoms with Gasteiger partial charge in [0.15, 0.2) is 0 Å². The largest absolute Gasteiger partial charge is 0.550 e. The van der Waals surface area contributed by atoms with E-state index in [1.807, 2.05) is 42.5 Å². The maximum Gasteiger partial charge on any atom is 0.224 e. The zero-order chi connectivity index (χ0) is 17.4. The molecule has 0 saturated heterocycles. The Bertz CT molecular complexity index is 668. The molecule has 1 N–H and O–H groups in total. The summed E-state index contributed by atoms with van der Waals surface area (Å²) in [6.45, 7) is 0.367. The Morgan fingerprint density at radius 2 is 1.71 bits per heavy atom. The van der Waals surface area contributed by atoms with Crippen molar-refractivity contribution in [3.05, 3.63) is 65.7 Å². The lowest BCUT2D eigenvalue weighted by molar-refractivity contribution is -0.306. The van der Waals surface area contributed by atoms with Crippen molar-refractivity contribution < 1.29 is 19.4 Å². The third-order valence-corrected chi connectivity index (χ3v) is 3.73. The lowest BCUT2D eigenvalue weighted by atomic mass is 9.95. The molecular weight excluding hydrogens is 306 g/mol. The van der Waals surface area contributed by atoms with Crippen LogP contribution >= 0.6 is 0 Å². The molecule has 1 atom stereocenters. The van der Waals surface area contributed by atoms with Crippen LogP contribution in [0.15, 0.2) is 54.6 Å². The number of rotatable bonds is 8. The molecule has 0 bridgehead atoms. The smallest absolute Gasteiger partial charge is 0.224 e. The Hall–Kier alpha value is -2.82. The monoisotopic (exact) mass is 326 g/mol. The number of nitrogens with one attached hydrogen (secondary N) is 1. The van der Waals surface area contributed by atoms with Crippen LogP contribution in [0.4, 0.5) is 0 Å². The maximum absolute atomic E-state index is 12.4. The van der Waals surface area contributed by atoms with E-state index < -0.39 is 11.9 Å². The van der Waals surface area contributed by atoms with Crippen molar-refractivity contribution >= 4 is 11.9 Å².